The molecule has 2 aromatic rings. The van der Waals surface area contributed by atoms with Gasteiger partial charge >= 0.3 is 0 Å². The molecule has 0 unspecified atom stereocenters. The summed E-state index contributed by atoms with van der Waals surface area (Å²) in [4.78, 5) is 10.8. The van der Waals surface area contributed by atoms with Gasteiger partial charge in [0.15, 0.2) is 6.29 Å². The zero-order valence-electron chi connectivity index (χ0n) is 11.9. The average molecular weight is 306 g/mol. The number of aryl methyl sites for hydroxylation is 1. The second-order valence-corrected chi connectivity index (χ2v) is 5.46. The van der Waals surface area contributed by atoms with Crippen molar-refractivity contribution in [1.29, 1.82) is 0 Å². The summed E-state index contributed by atoms with van der Waals surface area (Å²) in [6, 6.07) is 7.21. The third-order valence-electron chi connectivity index (χ3n) is 2.73. The molecule has 112 valence electrons. The van der Waals surface area contributed by atoms with Crippen molar-refractivity contribution in [3.63, 3.8) is 0 Å². The highest BCUT2D eigenvalue weighted by Crippen LogP contribution is 2.19. The fraction of sp³-hybridized carbons (Fsp3) is 0.400. The molecule has 21 heavy (non-hydrogen) atoms. The van der Waals surface area contributed by atoms with E-state index in [1.807, 2.05) is 12.1 Å². The molecule has 0 saturated heterocycles. The van der Waals surface area contributed by atoms with Gasteiger partial charge in [-0.1, -0.05) is 30.8 Å². The minimum absolute atomic E-state index is 0.549. The second-order valence-electron chi connectivity index (χ2n) is 4.42. The Morgan fingerprint density at radius 3 is 3.00 bits per heavy atom. The molecule has 0 saturated carbocycles. The minimum Gasteiger partial charge on any atom is -0.493 e. The molecule has 5 nitrogen and oxygen atoms in total. The standard InChI is InChI=1S/C15H18N2O3S/c1-2-6-14-16-17-15(20-14)21-10-5-9-19-13-8-4-3-7-12(13)11-18/h3-4,7-8,11H,2,5-6,9-10H2,1H3. The maximum atomic E-state index is 10.8. The van der Waals surface area contributed by atoms with E-state index in [0.29, 0.717) is 29.0 Å². The van der Waals surface area contributed by atoms with Crippen LogP contribution in [-0.4, -0.2) is 28.8 Å². The van der Waals surface area contributed by atoms with Crippen LogP contribution in [0.3, 0.4) is 0 Å². The van der Waals surface area contributed by atoms with Gasteiger partial charge in [0.1, 0.15) is 5.75 Å². The van der Waals surface area contributed by atoms with E-state index in [9.17, 15) is 4.79 Å². The van der Waals surface area contributed by atoms with Crippen LogP contribution >= 0.6 is 11.8 Å². The molecule has 0 aliphatic carbocycles. The summed E-state index contributed by atoms with van der Waals surface area (Å²) in [6.07, 6.45) is 3.45. The predicted molar refractivity (Wildman–Crippen MR) is 81.0 cm³/mol. The van der Waals surface area contributed by atoms with Crippen LogP contribution in [0.25, 0.3) is 0 Å². The number of hydrogen-bond donors (Lipinski definition) is 0. The largest absolute Gasteiger partial charge is 0.493 e. The summed E-state index contributed by atoms with van der Waals surface area (Å²) < 4.78 is 11.1. The molecule has 0 amide bonds. The van der Waals surface area contributed by atoms with Crippen LogP contribution in [-0.2, 0) is 6.42 Å². The second kappa shape index (κ2) is 8.46. The van der Waals surface area contributed by atoms with Crippen molar-refractivity contribution in [3.8, 4) is 5.75 Å². The Morgan fingerprint density at radius 1 is 1.33 bits per heavy atom. The Bertz CT molecular complexity index is 572. The molecule has 0 bridgehead atoms. The van der Waals surface area contributed by atoms with Crippen LogP contribution in [0, 0.1) is 0 Å². The van der Waals surface area contributed by atoms with Crippen LogP contribution in [0.15, 0.2) is 33.9 Å². The number of benzene rings is 1. The van der Waals surface area contributed by atoms with Crippen molar-refractivity contribution >= 4 is 18.0 Å². The van der Waals surface area contributed by atoms with E-state index in [1.165, 1.54) is 11.8 Å². The number of aromatic nitrogens is 2. The van der Waals surface area contributed by atoms with Gasteiger partial charge < -0.3 is 9.15 Å². The van der Waals surface area contributed by atoms with E-state index in [1.54, 1.807) is 12.1 Å². The van der Waals surface area contributed by atoms with E-state index >= 15 is 0 Å². The van der Waals surface area contributed by atoms with Gasteiger partial charge in [0.25, 0.3) is 5.22 Å². The van der Waals surface area contributed by atoms with Crippen LogP contribution in [0.4, 0.5) is 0 Å². The highest BCUT2D eigenvalue weighted by molar-refractivity contribution is 7.99. The fourth-order valence-corrected chi connectivity index (χ4v) is 2.41. The molecule has 0 spiro atoms. The van der Waals surface area contributed by atoms with Gasteiger partial charge in [-0.25, -0.2) is 0 Å². The highest BCUT2D eigenvalue weighted by Gasteiger charge is 2.06. The van der Waals surface area contributed by atoms with Gasteiger partial charge in [-0.2, -0.15) is 0 Å². The van der Waals surface area contributed by atoms with E-state index in [2.05, 4.69) is 17.1 Å². The van der Waals surface area contributed by atoms with Crippen molar-refractivity contribution in [2.45, 2.75) is 31.4 Å². The molecule has 1 aromatic carbocycles. The van der Waals surface area contributed by atoms with Gasteiger partial charge in [-0.15, -0.1) is 10.2 Å². The lowest BCUT2D eigenvalue weighted by molar-refractivity contribution is 0.111. The van der Waals surface area contributed by atoms with Gasteiger partial charge in [0.05, 0.1) is 12.2 Å². The van der Waals surface area contributed by atoms with Crippen molar-refractivity contribution in [2.24, 2.45) is 0 Å². The Kier molecular flexibility index (Phi) is 6.27. The SMILES string of the molecule is CCCc1nnc(SCCCOc2ccccc2C=O)o1. The first kappa shape index (κ1) is 15.6. The number of carbonyl (C=O) groups excluding carboxylic acids is 1. The molecular formula is C15H18N2O3S. The smallest absolute Gasteiger partial charge is 0.276 e. The molecule has 0 aliphatic heterocycles. The van der Waals surface area contributed by atoms with E-state index < -0.39 is 0 Å². The van der Waals surface area contributed by atoms with Crippen molar-refractivity contribution in [1.82, 2.24) is 10.2 Å². The summed E-state index contributed by atoms with van der Waals surface area (Å²) in [5.74, 6) is 2.15. The molecule has 0 radical (unpaired) electrons. The quantitative estimate of drug-likeness (QED) is 0.402. The molecule has 0 aliphatic rings. The number of thioether (sulfide) groups is 1. The number of hydrogen-bond acceptors (Lipinski definition) is 6. The molecule has 1 aromatic heterocycles. The summed E-state index contributed by atoms with van der Waals surface area (Å²) in [7, 11) is 0. The zero-order valence-corrected chi connectivity index (χ0v) is 12.8. The Labute approximate surface area is 128 Å². The van der Waals surface area contributed by atoms with Gasteiger partial charge in [-0.3, -0.25) is 4.79 Å². The summed E-state index contributed by atoms with van der Waals surface area (Å²) >= 11 is 1.52. The third-order valence-corrected chi connectivity index (χ3v) is 3.63. The van der Waals surface area contributed by atoms with Crippen LogP contribution in [0.5, 0.6) is 5.75 Å². The molecule has 6 heteroatoms. The number of ether oxygens (including phenoxy) is 1. The Hall–Kier alpha value is -1.82. The maximum absolute atomic E-state index is 10.8. The molecule has 0 N–H and O–H groups in total. The average Bonchev–Trinajstić information content (AvgIpc) is 2.95. The summed E-state index contributed by atoms with van der Waals surface area (Å²) in [6.45, 7) is 2.62. The Morgan fingerprint density at radius 2 is 2.19 bits per heavy atom. The normalized spacial score (nSPS) is 10.5. The van der Waals surface area contributed by atoms with Crippen molar-refractivity contribution in [3.05, 3.63) is 35.7 Å². The number of nitrogens with zero attached hydrogens (tertiary/aromatic N) is 2. The van der Waals surface area contributed by atoms with E-state index in [4.69, 9.17) is 9.15 Å². The van der Waals surface area contributed by atoms with E-state index in [-0.39, 0.29) is 0 Å². The number of carbonyl (C=O) groups is 1. The monoisotopic (exact) mass is 306 g/mol. The van der Waals surface area contributed by atoms with Crippen molar-refractivity contribution < 1.29 is 13.9 Å². The number of rotatable bonds is 9. The first-order chi connectivity index (χ1) is 10.3. The van der Waals surface area contributed by atoms with E-state index in [0.717, 1.165) is 31.3 Å². The summed E-state index contributed by atoms with van der Waals surface area (Å²) in [5.41, 5.74) is 0.575. The lowest BCUT2D eigenvalue weighted by Crippen LogP contribution is -2.00. The third kappa shape index (κ3) is 4.90. The molecule has 0 atom stereocenters. The first-order valence-electron chi connectivity index (χ1n) is 6.95. The van der Waals surface area contributed by atoms with Crippen LogP contribution < -0.4 is 4.74 Å². The molecule has 1 heterocycles. The number of aldehydes is 1. The summed E-state index contributed by atoms with van der Waals surface area (Å²) in [5, 5.41) is 8.55. The molecular weight excluding hydrogens is 288 g/mol. The minimum atomic E-state index is 0.549. The first-order valence-corrected chi connectivity index (χ1v) is 7.94. The van der Waals surface area contributed by atoms with Gasteiger partial charge in [-0.05, 0) is 25.0 Å². The lowest BCUT2D eigenvalue weighted by Gasteiger charge is -2.07. The zero-order chi connectivity index (χ0) is 14.9. The van der Waals surface area contributed by atoms with Crippen molar-refractivity contribution in [2.75, 3.05) is 12.4 Å². The van der Waals surface area contributed by atoms with Gasteiger partial charge in [0.2, 0.25) is 5.89 Å². The number of para-hydroxylation sites is 1. The molecule has 0 fully saturated rings. The van der Waals surface area contributed by atoms with Gasteiger partial charge in [0, 0.05) is 12.2 Å². The highest BCUT2D eigenvalue weighted by atomic mass is 32.2. The maximum Gasteiger partial charge on any atom is 0.276 e. The van der Waals surface area contributed by atoms with Crippen LogP contribution in [0.1, 0.15) is 36.0 Å². The lowest BCUT2D eigenvalue weighted by atomic mass is 10.2. The topological polar surface area (TPSA) is 65.2 Å². The molecule has 2 rings (SSSR count). The Balaban J connectivity index is 1.68. The van der Waals surface area contributed by atoms with Crippen LogP contribution in [0.2, 0.25) is 0 Å². The predicted octanol–water partition coefficient (Wildman–Crippen LogP) is 3.40. The fourth-order valence-electron chi connectivity index (χ4n) is 1.72.